The average Bonchev–Trinajstić information content (AvgIpc) is 3.33. The van der Waals surface area contributed by atoms with Gasteiger partial charge in [0.1, 0.15) is 11.4 Å². The fourth-order valence-corrected chi connectivity index (χ4v) is 3.30. The number of pyridine rings is 1. The highest BCUT2D eigenvalue weighted by atomic mass is 16.5. The van der Waals surface area contributed by atoms with Gasteiger partial charge in [-0.25, -0.2) is 4.98 Å². The predicted molar refractivity (Wildman–Crippen MR) is 107 cm³/mol. The first-order valence-electron chi connectivity index (χ1n) is 9.01. The predicted octanol–water partition coefficient (Wildman–Crippen LogP) is 2.89. The summed E-state index contributed by atoms with van der Waals surface area (Å²) in [6, 6.07) is 11.1. The molecule has 1 N–H and O–H groups in total. The molecular formula is C21H21N5O2. The molecule has 0 bridgehead atoms. The van der Waals surface area contributed by atoms with E-state index in [0.717, 1.165) is 46.8 Å². The first-order chi connectivity index (χ1) is 13.7. The Morgan fingerprint density at radius 2 is 2.04 bits per heavy atom. The van der Waals surface area contributed by atoms with Gasteiger partial charge in [-0.05, 0) is 30.2 Å². The minimum Gasteiger partial charge on any atom is -0.496 e. The number of aromatic nitrogens is 5. The second kappa shape index (κ2) is 7.56. The summed E-state index contributed by atoms with van der Waals surface area (Å²) < 4.78 is 9.43. The number of nitrogens with one attached hydrogen (secondary N) is 1. The second-order valence-electron chi connectivity index (χ2n) is 6.55. The molecular weight excluding hydrogens is 354 g/mol. The smallest absolute Gasteiger partial charge is 0.247 e. The van der Waals surface area contributed by atoms with Gasteiger partial charge in [0.2, 0.25) is 5.56 Å². The maximum Gasteiger partial charge on any atom is 0.247 e. The van der Waals surface area contributed by atoms with Crippen LogP contribution in [0.15, 0.2) is 66.1 Å². The van der Waals surface area contributed by atoms with Crippen LogP contribution in [0.3, 0.4) is 0 Å². The van der Waals surface area contributed by atoms with Crippen molar-refractivity contribution in [2.24, 2.45) is 7.05 Å². The van der Waals surface area contributed by atoms with Gasteiger partial charge in [-0.3, -0.25) is 9.48 Å². The highest BCUT2D eigenvalue weighted by Crippen LogP contribution is 2.36. The molecule has 1 aromatic carbocycles. The average molecular weight is 375 g/mol. The van der Waals surface area contributed by atoms with Gasteiger partial charge in [0, 0.05) is 43.2 Å². The van der Waals surface area contributed by atoms with Gasteiger partial charge in [0.05, 0.1) is 25.3 Å². The van der Waals surface area contributed by atoms with Gasteiger partial charge in [-0.2, -0.15) is 5.10 Å². The van der Waals surface area contributed by atoms with Gasteiger partial charge < -0.3 is 14.3 Å². The van der Waals surface area contributed by atoms with E-state index in [1.54, 1.807) is 18.0 Å². The highest BCUT2D eigenvalue weighted by Gasteiger charge is 2.18. The zero-order valence-electron chi connectivity index (χ0n) is 15.8. The molecule has 0 aliphatic carbocycles. The highest BCUT2D eigenvalue weighted by molar-refractivity contribution is 5.81. The van der Waals surface area contributed by atoms with Crippen molar-refractivity contribution in [2.75, 3.05) is 7.11 Å². The molecule has 28 heavy (non-hydrogen) atoms. The van der Waals surface area contributed by atoms with Crippen molar-refractivity contribution >= 4 is 0 Å². The Labute approximate surface area is 162 Å². The van der Waals surface area contributed by atoms with Crippen LogP contribution < -0.4 is 10.3 Å². The number of nitrogens with zero attached hydrogens (tertiary/aromatic N) is 4. The summed E-state index contributed by atoms with van der Waals surface area (Å²) in [5.74, 6) is 0.755. The quantitative estimate of drug-likeness (QED) is 0.562. The molecule has 0 unspecified atom stereocenters. The summed E-state index contributed by atoms with van der Waals surface area (Å²) in [6.45, 7) is 0.738. The minimum absolute atomic E-state index is 0.135. The summed E-state index contributed by atoms with van der Waals surface area (Å²) in [4.78, 5) is 19.0. The molecule has 142 valence electrons. The van der Waals surface area contributed by atoms with Gasteiger partial charge in [0.25, 0.3) is 0 Å². The Kier molecular flexibility index (Phi) is 4.80. The van der Waals surface area contributed by atoms with E-state index in [1.807, 2.05) is 56.1 Å². The van der Waals surface area contributed by atoms with E-state index in [4.69, 9.17) is 4.74 Å². The number of aromatic amines is 1. The number of rotatable bonds is 6. The van der Waals surface area contributed by atoms with E-state index in [0.29, 0.717) is 0 Å². The molecule has 7 nitrogen and oxygen atoms in total. The molecule has 0 fully saturated rings. The van der Waals surface area contributed by atoms with Crippen LogP contribution in [0.25, 0.3) is 22.5 Å². The van der Waals surface area contributed by atoms with E-state index in [-0.39, 0.29) is 5.56 Å². The van der Waals surface area contributed by atoms with Crippen molar-refractivity contribution < 1.29 is 4.74 Å². The lowest BCUT2D eigenvalue weighted by atomic mass is 10.0. The lowest BCUT2D eigenvalue weighted by Crippen LogP contribution is -2.05. The van der Waals surface area contributed by atoms with Crippen LogP contribution in [-0.2, 0) is 20.0 Å². The summed E-state index contributed by atoms with van der Waals surface area (Å²) in [6.07, 6.45) is 8.26. The van der Waals surface area contributed by atoms with E-state index >= 15 is 0 Å². The number of imidazole rings is 1. The lowest BCUT2D eigenvalue weighted by molar-refractivity contribution is 0.416. The molecule has 3 aromatic heterocycles. The van der Waals surface area contributed by atoms with Crippen molar-refractivity contribution in [1.29, 1.82) is 0 Å². The van der Waals surface area contributed by atoms with Gasteiger partial charge >= 0.3 is 0 Å². The van der Waals surface area contributed by atoms with Crippen molar-refractivity contribution in [3.05, 3.63) is 77.2 Å². The minimum atomic E-state index is -0.135. The third kappa shape index (κ3) is 3.46. The monoisotopic (exact) mass is 375 g/mol. The number of H-pyrrole nitrogens is 1. The van der Waals surface area contributed by atoms with E-state index in [9.17, 15) is 4.79 Å². The molecule has 0 saturated heterocycles. The zero-order valence-corrected chi connectivity index (χ0v) is 15.8. The van der Waals surface area contributed by atoms with Crippen LogP contribution in [0, 0.1) is 0 Å². The van der Waals surface area contributed by atoms with Crippen molar-refractivity contribution in [3.8, 4) is 28.3 Å². The van der Waals surface area contributed by atoms with Gasteiger partial charge in [-0.1, -0.05) is 12.1 Å². The number of aryl methyl sites for hydroxylation is 3. The number of methoxy groups -OCH3 is 1. The number of para-hydroxylation sites is 1. The molecule has 0 atom stereocenters. The van der Waals surface area contributed by atoms with Crippen molar-refractivity contribution in [2.45, 2.75) is 13.0 Å². The topological polar surface area (TPSA) is 77.7 Å². The maximum absolute atomic E-state index is 11.5. The van der Waals surface area contributed by atoms with E-state index < -0.39 is 0 Å². The Morgan fingerprint density at radius 1 is 1.18 bits per heavy atom. The fraction of sp³-hybridized carbons (Fsp3) is 0.190. The number of hydrogen-bond acceptors (Lipinski definition) is 4. The van der Waals surface area contributed by atoms with Crippen LogP contribution in [0.4, 0.5) is 0 Å². The molecule has 0 spiro atoms. The largest absolute Gasteiger partial charge is 0.496 e. The summed E-state index contributed by atoms with van der Waals surface area (Å²) in [5.41, 5.74) is 4.57. The lowest BCUT2D eigenvalue weighted by Gasteiger charge is -2.12. The van der Waals surface area contributed by atoms with Crippen molar-refractivity contribution in [3.63, 3.8) is 0 Å². The molecule has 4 aromatic rings. The van der Waals surface area contributed by atoms with Gasteiger partial charge in [-0.15, -0.1) is 0 Å². The molecule has 0 aliphatic heterocycles. The Morgan fingerprint density at radius 3 is 2.75 bits per heavy atom. The molecule has 0 amide bonds. The van der Waals surface area contributed by atoms with E-state index in [1.165, 1.54) is 6.07 Å². The molecule has 0 saturated carbocycles. The van der Waals surface area contributed by atoms with E-state index in [2.05, 4.69) is 19.6 Å². The third-order valence-corrected chi connectivity index (χ3v) is 4.66. The Bertz CT molecular complexity index is 1140. The normalized spacial score (nSPS) is 10.9. The third-order valence-electron chi connectivity index (χ3n) is 4.66. The van der Waals surface area contributed by atoms with Crippen molar-refractivity contribution in [1.82, 2.24) is 24.3 Å². The van der Waals surface area contributed by atoms with Crippen LogP contribution >= 0.6 is 0 Å². The summed E-state index contributed by atoms with van der Waals surface area (Å²) >= 11 is 0. The standard InChI is InChI=1S/C21H21N5O2/c1-25-13-15(11-24-25)9-10-26-14-23-20(17-5-3-4-6-18(17)28-2)21(26)16-7-8-19(27)22-12-16/h3-8,11-14H,9-10H2,1-2H3,(H,22,27). The molecule has 0 aliphatic rings. The fourth-order valence-electron chi connectivity index (χ4n) is 3.30. The first-order valence-corrected chi connectivity index (χ1v) is 9.01. The zero-order chi connectivity index (χ0) is 19.5. The molecule has 0 radical (unpaired) electrons. The molecule has 7 heteroatoms. The SMILES string of the molecule is COc1ccccc1-c1ncn(CCc2cnn(C)c2)c1-c1ccc(=O)[nH]c1. The number of benzene rings is 1. The van der Waals surface area contributed by atoms with Crippen LogP contribution in [-0.4, -0.2) is 31.4 Å². The summed E-state index contributed by atoms with van der Waals surface area (Å²) in [7, 11) is 3.56. The van der Waals surface area contributed by atoms with Gasteiger partial charge in [0.15, 0.2) is 0 Å². The number of hydrogen-bond donors (Lipinski definition) is 1. The maximum atomic E-state index is 11.5. The Hall–Kier alpha value is -3.61. The Balaban J connectivity index is 1.79. The number of ether oxygens (including phenoxy) is 1. The second-order valence-corrected chi connectivity index (χ2v) is 6.55. The summed E-state index contributed by atoms with van der Waals surface area (Å²) in [5, 5.41) is 4.23. The van der Waals surface area contributed by atoms with Crippen LogP contribution in [0.1, 0.15) is 5.56 Å². The molecule has 4 rings (SSSR count). The molecule has 3 heterocycles. The van der Waals surface area contributed by atoms with Crippen LogP contribution in [0.2, 0.25) is 0 Å². The van der Waals surface area contributed by atoms with Crippen LogP contribution in [0.5, 0.6) is 5.75 Å². The first kappa shape index (κ1) is 17.8.